The first-order chi connectivity index (χ1) is 26.7. The predicted octanol–water partition coefficient (Wildman–Crippen LogP) is 3.26. The minimum absolute atomic E-state index is 0.0393. The molecule has 16 heteroatoms. The van der Waals surface area contributed by atoms with Gasteiger partial charge in [0.05, 0.1) is 36.8 Å². The molecule has 4 N–H and O–H groups in total. The van der Waals surface area contributed by atoms with Gasteiger partial charge in [-0.25, -0.2) is 0 Å². The summed E-state index contributed by atoms with van der Waals surface area (Å²) in [4.78, 5) is 61.0. The number of carbonyl (C=O) groups excluding carboxylic acids is 4. The van der Waals surface area contributed by atoms with Gasteiger partial charge in [0, 0.05) is 70.7 Å². The van der Waals surface area contributed by atoms with Crippen LogP contribution in [0.5, 0.6) is 0 Å². The van der Waals surface area contributed by atoms with Crippen molar-refractivity contribution < 1.29 is 29.0 Å². The average molecular weight is 806 g/mol. The molecule has 6 unspecified atom stereocenters. The van der Waals surface area contributed by atoms with Crippen LogP contribution in [0.15, 0.2) is 30.7 Å². The summed E-state index contributed by atoms with van der Waals surface area (Å²) in [5, 5.41) is 24.0. The van der Waals surface area contributed by atoms with E-state index in [9.17, 15) is 19.2 Å². The average Bonchev–Trinajstić information content (AvgIpc) is 3.85. The number of likely N-dealkylation sites (N-methyl/N-ethyl adjacent to an activating group) is 2. The van der Waals surface area contributed by atoms with Crippen LogP contribution in [0, 0.1) is 24.7 Å². The van der Waals surface area contributed by atoms with Crippen LogP contribution in [0.25, 0.3) is 0 Å². The largest absolute Gasteiger partial charge is 0.400 e. The second-order valence-corrected chi connectivity index (χ2v) is 15.3. The molecular weight excluding hydrogens is 735 g/mol. The second-order valence-electron chi connectivity index (χ2n) is 15.0. The second kappa shape index (κ2) is 27.1. The SMILES string of the molecule is CCCC(C(CC(=O)N1CCCC1CC(C)C(=O)NCCn1cc(CS)nn1)OC)N(C)C(=O)C(NC(=O)C(NC)C(C)C)C(C)C.CO.Cc1ccncc1. The minimum atomic E-state index is -0.716. The third-order valence-electron chi connectivity index (χ3n) is 10.0. The lowest BCUT2D eigenvalue weighted by molar-refractivity contribution is -0.144. The summed E-state index contributed by atoms with van der Waals surface area (Å²) >= 11 is 4.20. The van der Waals surface area contributed by atoms with E-state index < -0.39 is 18.2 Å². The number of amides is 4. The van der Waals surface area contributed by atoms with Crippen LogP contribution in [0.3, 0.4) is 0 Å². The van der Waals surface area contributed by atoms with Gasteiger partial charge in [0.2, 0.25) is 23.6 Å². The smallest absolute Gasteiger partial charge is 0.245 e. The van der Waals surface area contributed by atoms with Crippen LogP contribution in [0.2, 0.25) is 0 Å². The standard InChI is InChI=1S/C33H60N8O5S.C6H7N.CH4O/c1-10-12-26(39(8)33(45)30(22(4)5)36-32(44)29(34-7)21(2)3)27(46-9)18-28(42)41-15-11-13-25(41)17-23(6)31(43)35-14-16-40-19-24(20-47)37-38-40;1-6-2-4-7-5-3-6;1-2/h19,21-23,25-27,29-30,34,47H,10-18,20H2,1-9H3,(H,35,43)(H,36,44);2-5H,1H3;2H,1H3. The van der Waals surface area contributed by atoms with Crippen molar-refractivity contribution in [1.82, 2.24) is 45.7 Å². The van der Waals surface area contributed by atoms with Gasteiger partial charge in [-0.2, -0.15) is 12.6 Å². The van der Waals surface area contributed by atoms with Crippen LogP contribution in [-0.2, 0) is 36.2 Å². The number of likely N-dealkylation sites (tertiary alicyclic amines) is 1. The van der Waals surface area contributed by atoms with Gasteiger partial charge in [0.15, 0.2) is 0 Å². The van der Waals surface area contributed by atoms with E-state index in [1.165, 1.54) is 5.56 Å². The summed E-state index contributed by atoms with van der Waals surface area (Å²) in [5.74, 6) is -0.357. The molecule has 3 heterocycles. The predicted molar refractivity (Wildman–Crippen MR) is 223 cm³/mol. The molecule has 1 saturated heterocycles. The highest BCUT2D eigenvalue weighted by Crippen LogP contribution is 2.27. The molecule has 0 spiro atoms. The monoisotopic (exact) mass is 806 g/mol. The van der Waals surface area contributed by atoms with Gasteiger partial charge in [-0.15, -0.1) is 5.10 Å². The first-order valence-corrected chi connectivity index (χ1v) is 20.5. The summed E-state index contributed by atoms with van der Waals surface area (Å²) in [6.07, 6.45) is 8.69. The number of nitrogens with zero attached hydrogens (tertiary/aromatic N) is 6. The van der Waals surface area contributed by atoms with E-state index in [-0.39, 0.29) is 59.9 Å². The molecule has 1 aliphatic heterocycles. The molecular formula is C40H71N9O6S. The molecule has 15 nitrogen and oxygen atoms in total. The molecule has 318 valence electrons. The molecule has 0 saturated carbocycles. The summed E-state index contributed by atoms with van der Waals surface area (Å²) in [5.41, 5.74) is 2.04. The topological polar surface area (TPSA) is 184 Å². The number of pyridine rings is 1. The summed E-state index contributed by atoms with van der Waals surface area (Å²) in [6.45, 7) is 15.3. The fourth-order valence-corrected chi connectivity index (χ4v) is 6.98. The van der Waals surface area contributed by atoms with Crippen LogP contribution < -0.4 is 16.0 Å². The van der Waals surface area contributed by atoms with Gasteiger partial charge in [-0.3, -0.25) is 28.8 Å². The molecule has 0 aliphatic carbocycles. The van der Waals surface area contributed by atoms with Crippen molar-refractivity contribution in [3.63, 3.8) is 0 Å². The van der Waals surface area contributed by atoms with Crippen molar-refractivity contribution in [2.75, 3.05) is 41.4 Å². The summed E-state index contributed by atoms with van der Waals surface area (Å²) < 4.78 is 7.58. The lowest BCUT2D eigenvalue weighted by atomic mass is 9.96. The van der Waals surface area contributed by atoms with Crippen LogP contribution in [0.1, 0.15) is 91.3 Å². The van der Waals surface area contributed by atoms with E-state index >= 15 is 0 Å². The fourth-order valence-electron chi connectivity index (χ4n) is 6.84. The summed E-state index contributed by atoms with van der Waals surface area (Å²) in [6, 6.07) is 2.41. The number of thiol groups is 1. The van der Waals surface area contributed by atoms with Crippen LogP contribution >= 0.6 is 12.6 Å². The molecule has 2 aromatic rings. The van der Waals surface area contributed by atoms with Gasteiger partial charge in [-0.05, 0) is 69.2 Å². The van der Waals surface area contributed by atoms with Crippen molar-refractivity contribution in [1.29, 1.82) is 0 Å². The number of hydrogen-bond donors (Lipinski definition) is 5. The molecule has 3 rings (SSSR count). The zero-order valence-corrected chi connectivity index (χ0v) is 36.6. The molecule has 0 radical (unpaired) electrons. The number of ether oxygens (including phenoxy) is 1. The maximum Gasteiger partial charge on any atom is 0.245 e. The number of aryl methyl sites for hydroxylation is 1. The van der Waals surface area contributed by atoms with Gasteiger partial charge in [-0.1, -0.05) is 53.2 Å². The third kappa shape index (κ3) is 16.5. The number of hydrogen-bond acceptors (Lipinski definition) is 11. The number of aliphatic hydroxyl groups excluding tert-OH is 1. The van der Waals surface area contributed by atoms with Crippen molar-refractivity contribution in [2.45, 2.75) is 130 Å². The highest BCUT2D eigenvalue weighted by atomic mass is 32.1. The number of aliphatic hydroxyl groups is 1. The maximum absolute atomic E-state index is 13.9. The number of nitrogens with one attached hydrogen (secondary N) is 3. The Morgan fingerprint density at radius 2 is 1.70 bits per heavy atom. The van der Waals surface area contributed by atoms with Crippen molar-refractivity contribution in [2.24, 2.45) is 17.8 Å². The number of methoxy groups -OCH3 is 1. The zero-order chi connectivity index (χ0) is 42.4. The Labute approximate surface area is 340 Å². The Bertz CT molecular complexity index is 1430. The Balaban J connectivity index is 0.00000154. The Kier molecular flexibility index (Phi) is 24.4. The van der Waals surface area contributed by atoms with Gasteiger partial charge in [0.25, 0.3) is 0 Å². The first-order valence-electron chi connectivity index (χ1n) is 19.8. The lowest BCUT2D eigenvalue weighted by Gasteiger charge is -2.38. The molecule has 6 atom stereocenters. The maximum atomic E-state index is 13.9. The third-order valence-corrected chi connectivity index (χ3v) is 10.4. The van der Waals surface area contributed by atoms with E-state index in [0.29, 0.717) is 38.2 Å². The van der Waals surface area contributed by atoms with Crippen LogP contribution in [-0.4, -0.2) is 130 Å². The van der Waals surface area contributed by atoms with E-state index in [1.807, 2.05) is 71.7 Å². The van der Waals surface area contributed by atoms with Crippen molar-refractivity contribution in [3.05, 3.63) is 42.0 Å². The molecule has 1 aliphatic rings. The molecule has 1 fully saturated rings. The normalized spacial score (nSPS) is 16.4. The summed E-state index contributed by atoms with van der Waals surface area (Å²) in [7, 11) is 6.05. The first kappa shape index (κ1) is 50.4. The van der Waals surface area contributed by atoms with Crippen molar-refractivity contribution >= 4 is 36.3 Å². The van der Waals surface area contributed by atoms with Crippen molar-refractivity contribution in [3.8, 4) is 0 Å². The van der Waals surface area contributed by atoms with Gasteiger partial charge in [0.1, 0.15) is 6.04 Å². The van der Waals surface area contributed by atoms with E-state index in [0.717, 1.165) is 32.1 Å². The Hall–Kier alpha value is -3.60. The van der Waals surface area contributed by atoms with E-state index in [4.69, 9.17) is 9.84 Å². The highest BCUT2D eigenvalue weighted by molar-refractivity contribution is 7.79. The molecule has 2 aromatic heterocycles. The lowest BCUT2D eigenvalue weighted by Crippen LogP contribution is -2.58. The van der Waals surface area contributed by atoms with Gasteiger partial charge >= 0.3 is 0 Å². The Morgan fingerprint density at radius 1 is 1.05 bits per heavy atom. The number of carbonyl (C=O) groups is 4. The highest BCUT2D eigenvalue weighted by Gasteiger charge is 2.38. The molecule has 0 bridgehead atoms. The quantitative estimate of drug-likeness (QED) is 0.125. The fraction of sp³-hybridized carbons (Fsp3) is 0.725. The van der Waals surface area contributed by atoms with Crippen LogP contribution in [0.4, 0.5) is 0 Å². The molecule has 0 aromatic carbocycles. The zero-order valence-electron chi connectivity index (χ0n) is 35.7. The minimum Gasteiger partial charge on any atom is -0.400 e. The van der Waals surface area contributed by atoms with E-state index in [2.05, 4.69) is 43.9 Å². The molecule has 56 heavy (non-hydrogen) atoms. The van der Waals surface area contributed by atoms with Gasteiger partial charge < -0.3 is 35.6 Å². The number of aromatic nitrogens is 4. The van der Waals surface area contributed by atoms with E-state index in [1.54, 1.807) is 43.2 Å². The Morgan fingerprint density at radius 3 is 2.20 bits per heavy atom. The molecule has 4 amide bonds. The number of rotatable bonds is 20.